The van der Waals surface area contributed by atoms with Gasteiger partial charge in [-0.2, -0.15) is 0 Å². The molecule has 1 aliphatic carbocycles. The molecule has 84 valence electrons. The molecule has 0 amide bonds. The van der Waals surface area contributed by atoms with Crippen LogP contribution in [0.25, 0.3) is 0 Å². The Kier molecular flexibility index (Phi) is 2.87. The first-order valence-electron chi connectivity index (χ1n) is 6.01. The number of aryl methyl sites for hydroxylation is 1. The Bertz CT molecular complexity index is 325. The molecule has 0 radical (unpaired) electrons. The van der Waals surface area contributed by atoms with Crippen LogP contribution in [0.15, 0.2) is 18.3 Å². The maximum atomic E-state index is 3.63. The van der Waals surface area contributed by atoms with Crippen molar-refractivity contribution in [3.8, 4) is 0 Å². The van der Waals surface area contributed by atoms with Crippen molar-refractivity contribution in [2.24, 2.45) is 5.41 Å². The van der Waals surface area contributed by atoms with Gasteiger partial charge in [-0.15, -0.1) is 0 Å². The van der Waals surface area contributed by atoms with Gasteiger partial charge in [-0.25, -0.2) is 0 Å². The van der Waals surface area contributed by atoms with E-state index < -0.39 is 0 Å². The fourth-order valence-corrected chi connectivity index (χ4v) is 2.11. The van der Waals surface area contributed by atoms with Crippen LogP contribution in [0.2, 0.25) is 0 Å². The molecule has 0 spiro atoms. The lowest BCUT2D eigenvalue weighted by molar-refractivity contribution is 0.526. The number of nitrogens with zero attached hydrogens (tertiary/aromatic N) is 1. The molecule has 2 nitrogen and oxygen atoms in total. The molecular formula is C13H22N2. The molecule has 0 aromatic carbocycles. The molecule has 1 aromatic rings. The summed E-state index contributed by atoms with van der Waals surface area (Å²) in [6.45, 7) is 9.03. The van der Waals surface area contributed by atoms with Crippen LogP contribution >= 0.6 is 0 Å². The normalized spacial score (nSPS) is 23.0. The third kappa shape index (κ3) is 2.43. The Balaban J connectivity index is 1.85. The quantitative estimate of drug-likeness (QED) is 0.784. The summed E-state index contributed by atoms with van der Waals surface area (Å²) in [4.78, 5) is 0. The largest absolute Gasteiger partial charge is 0.350 e. The van der Waals surface area contributed by atoms with Crippen LogP contribution in [-0.2, 0) is 13.1 Å². The monoisotopic (exact) mass is 206 g/mol. The van der Waals surface area contributed by atoms with Gasteiger partial charge in [-0.05, 0) is 30.4 Å². The average molecular weight is 206 g/mol. The molecule has 1 heterocycles. The molecule has 1 aliphatic rings. The van der Waals surface area contributed by atoms with E-state index in [-0.39, 0.29) is 0 Å². The molecule has 2 rings (SSSR count). The van der Waals surface area contributed by atoms with Crippen molar-refractivity contribution >= 4 is 0 Å². The highest BCUT2D eigenvalue weighted by atomic mass is 15.0. The molecule has 1 aromatic heterocycles. The van der Waals surface area contributed by atoms with Gasteiger partial charge >= 0.3 is 0 Å². The predicted molar refractivity (Wildman–Crippen MR) is 63.7 cm³/mol. The minimum absolute atomic E-state index is 0.530. The SMILES string of the molecule is CCCn1cccc1CNC1CC1(C)C. The van der Waals surface area contributed by atoms with Crippen LogP contribution < -0.4 is 5.32 Å². The zero-order valence-electron chi connectivity index (χ0n) is 10.1. The summed E-state index contributed by atoms with van der Waals surface area (Å²) in [6, 6.07) is 5.09. The van der Waals surface area contributed by atoms with Gasteiger partial charge in [0.15, 0.2) is 0 Å². The van der Waals surface area contributed by atoms with Crippen molar-refractivity contribution in [3.05, 3.63) is 24.0 Å². The molecule has 0 bridgehead atoms. The van der Waals surface area contributed by atoms with Crippen LogP contribution in [0.5, 0.6) is 0 Å². The van der Waals surface area contributed by atoms with Crippen molar-refractivity contribution in [2.75, 3.05) is 0 Å². The van der Waals surface area contributed by atoms with E-state index in [2.05, 4.69) is 49.0 Å². The van der Waals surface area contributed by atoms with Gasteiger partial charge in [0.2, 0.25) is 0 Å². The van der Waals surface area contributed by atoms with Gasteiger partial charge in [0, 0.05) is 31.0 Å². The Morgan fingerprint density at radius 3 is 2.87 bits per heavy atom. The van der Waals surface area contributed by atoms with Gasteiger partial charge in [-0.1, -0.05) is 20.8 Å². The summed E-state index contributed by atoms with van der Waals surface area (Å²) in [5.41, 5.74) is 1.95. The molecule has 1 saturated carbocycles. The third-order valence-electron chi connectivity index (χ3n) is 3.43. The first-order valence-corrected chi connectivity index (χ1v) is 6.01. The highest BCUT2D eigenvalue weighted by Crippen LogP contribution is 2.44. The summed E-state index contributed by atoms with van der Waals surface area (Å²) in [5.74, 6) is 0. The Hall–Kier alpha value is -0.760. The highest BCUT2D eigenvalue weighted by molar-refractivity contribution is 5.09. The first-order chi connectivity index (χ1) is 7.13. The zero-order valence-corrected chi connectivity index (χ0v) is 10.1. The third-order valence-corrected chi connectivity index (χ3v) is 3.43. The summed E-state index contributed by atoms with van der Waals surface area (Å²) < 4.78 is 2.35. The van der Waals surface area contributed by atoms with E-state index in [1.807, 2.05) is 0 Å². The van der Waals surface area contributed by atoms with E-state index in [0.29, 0.717) is 5.41 Å². The molecule has 1 fully saturated rings. The lowest BCUT2D eigenvalue weighted by Gasteiger charge is -2.10. The molecule has 1 unspecified atom stereocenters. The number of rotatable bonds is 5. The number of nitrogens with one attached hydrogen (secondary N) is 1. The lowest BCUT2D eigenvalue weighted by atomic mass is 10.2. The molecular weight excluding hydrogens is 184 g/mol. The standard InChI is InChI=1S/C13H22N2/c1-4-7-15-8-5-6-11(15)10-14-12-9-13(12,2)3/h5-6,8,12,14H,4,7,9-10H2,1-3H3. The molecule has 15 heavy (non-hydrogen) atoms. The van der Waals surface area contributed by atoms with Crippen molar-refractivity contribution < 1.29 is 0 Å². The second kappa shape index (κ2) is 4.01. The lowest BCUT2D eigenvalue weighted by Crippen LogP contribution is -2.21. The van der Waals surface area contributed by atoms with Gasteiger partial charge < -0.3 is 9.88 Å². The second-order valence-corrected chi connectivity index (χ2v) is 5.32. The summed E-state index contributed by atoms with van der Waals surface area (Å²) in [5, 5.41) is 3.63. The first kappa shape index (κ1) is 10.7. The molecule has 1 N–H and O–H groups in total. The van der Waals surface area contributed by atoms with Crippen molar-refractivity contribution in [2.45, 2.75) is 52.7 Å². The van der Waals surface area contributed by atoms with Crippen LogP contribution in [0.1, 0.15) is 39.3 Å². The number of hydrogen-bond donors (Lipinski definition) is 1. The maximum absolute atomic E-state index is 3.63. The Labute approximate surface area is 92.7 Å². The molecule has 0 saturated heterocycles. The number of hydrogen-bond acceptors (Lipinski definition) is 1. The van der Waals surface area contributed by atoms with Crippen molar-refractivity contribution in [1.82, 2.24) is 9.88 Å². The van der Waals surface area contributed by atoms with E-state index in [1.165, 1.54) is 18.5 Å². The topological polar surface area (TPSA) is 17.0 Å². The summed E-state index contributed by atoms with van der Waals surface area (Å²) in [7, 11) is 0. The molecule has 0 aliphatic heterocycles. The van der Waals surface area contributed by atoms with E-state index in [0.717, 1.165) is 19.1 Å². The van der Waals surface area contributed by atoms with Gasteiger partial charge in [-0.3, -0.25) is 0 Å². The minimum atomic E-state index is 0.530. The van der Waals surface area contributed by atoms with Gasteiger partial charge in [0.25, 0.3) is 0 Å². The highest BCUT2D eigenvalue weighted by Gasteiger charge is 2.45. The minimum Gasteiger partial charge on any atom is -0.350 e. The molecule has 2 heteroatoms. The summed E-state index contributed by atoms with van der Waals surface area (Å²) in [6.07, 6.45) is 4.71. The van der Waals surface area contributed by atoms with Crippen LogP contribution in [0.4, 0.5) is 0 Å². The summed E-state index contributed by atoms with van der Waals surface area (Å²) >= 11 is 0. The zero-order chi connectivity index (χ0) is 10.9. The Morgan fingerprint density at radius 1 is 1.53 bits per heavy atom. The van der Waals surface area contributed by atoms with E-state index in [9.17, 15) is 0 Å². The second-order valence-electron chi connectivity index (χ2n) is 5.32. The van der Waals surface area contributed by atoms with Gasteiger partial charge in [0.1, 0.15) is 0 Å². The van der Waals surface area contributed by atoms with Crippen molar-refractivity contribution in [1.29, 1.82) is 0 Å². The fraction of sp³-hybridized carbons (Fsp3) is 0.692. The average Bonchev–Trinajstić information content (AvgIpc) is 2.61. The van der Waals surface area contributed by atoms with Crippen LogP contribution in [0, 0.1) is 5.41 Å². The van der Waals surface area contributed by atoms with E-state index in [1.54, 1.807) is 0 Å². The van der Waals surface area contributed by atoms with Crippen molar-refractivity contribution in [3.63, 3.8) is 0 Å². The van der Waals surface area contributed by atoms with Gasteiger partial charge in [0.05, 0.1) is 0 Å². The molecule has 1 atom stereocenters. The maximum Gasteiger partial charge on any atom is 0.0361 e. The Morgan fingerprint density at radius 2 is 2.27 bits per heavy atom. The van der Waals surface area contributed by atoms with Crippen LogP contribution in [-0.4, -0.2) is 10.6 Å². The smallest absolute Gasteiger partial charge is 0.0361 e. The van der Waals surface area contributed by atoms with E-state index in [4.69, 9.17) is 0 Å². The van der Waals surface area contributed by atoms with E-state index >= 15 is 0 Å². The predicted octanol–water partition coefficient (Wildman–Crippen LogP) is 2.79. The number of aromatic nitrogens is 1. The fourth-order valence-electron chi connectivity index (χ4n) is 2.11. The van der Waals surface area contributed by atoms with Crippen LogP contribution in [0.3, 0.4) is 0 Å².